The maximum atomic E-state index is 10.2. The monoisotopic (exact) mass is 315 g/mol. The topological polar surface area (TPSA) is 50.4 Å². The van der Waals surface area contributed by atoms with Gasteiger partial charge < -0.3 is 9.67 Å². The second-order valence-electron chi connectivity index (χ2n) is 5.62. The number of hydrogen-bond donors (Lipinski definition) is 1. The van der Waals surface area contributed by atoms with E-state index >= 15 is 0 Å². The van der Waals surface area contributed by atoms with Crippen LogP contribution in [0.2, 0.25) is 0 Å². The van der Waals surface area contributed by atoms with Crippen LogP contribution in [0.15, 0.2) is 65.7 Å². The van der Waals surface area contributed by atoms with Crippen LogP contribution in [-0.4, -0.2) is 20.9 Å². The zero-order chi connectivity index (χ0) is 16.5. The smallest absolute Gasteiger partial charge is 0.230 e. The Morgan fingerprint density at radius 1 is 1.04 bits per heavy atom. The first-order chi connectivity index (χ1) is 11.8. The van der Waals surface area contributed by atoms with Crippen LogP contribution in [0, 0.1) is 0 Å². The predicted octanol–water partition coefficient (Wildman–Crippen LogP) is 4.67. The number of aryl methyl sites for hydroxylation is 1. The van der Waals surface area contributed by atoms with E-state index in [2.05, 4.69) is 21.5 Å². The Hall–Kier alpha value is -3.14. The first kappa shape index (κ1) is 14.5. The number of aromatic nitrogens is 2. The van der Waals surface area contributed by atoms with Gasteiger partial charge in [0, 0.05) is 18.3 Å². The molecule has 0 aliphatic carbocycles. The van der Waals surface area contributed by atoms with Gasteiger partial charge in [-0.15, -0.1) is 0 Å². The molecule has 4 rings (SSSR count). The minimum Gasteiger partial charge on any atom is -0.507 e. The highest BCUT2D eigenvalue weighted by Gasteiger charge is 2.09. The zero-order valence-electron chi connectivity index (χ0n) is 13.3. The lowest BCUT2D eigenvalue weighted by atomic mass is 10.0. The van der Waals surface area contributed by atoms with Crippen molar-refractivity contribution in [3.8, 4) is 5.75 Å². The fraction of sp³-hybridized carbons (Fsp3) is 0.100. The molecule has 4 heteroatoms. The van der Waals surface area contributed by atoms with Crippen LogP contribution in [0.25, 0.3) is 21.8 Å². The molecule has 0 saturated carbocycles. The maximum Gasteiger partial charge on any atom is 0.230 e. The van der Waals surface area contributed by atoms with Crippen molar-refractivity contribution in [2.45, 2.75) is 13.5 Å². The molecule has 1 heterocycles. The van der Waals surface area contributed by atoms with Crippen molar-refractivity contribution in [1.82, 2.24) is 9.55 Å². The van der Waals surface area contributed by atoms with Crippen LogP contribution in [0.5, 0.6) is 5.75 Å². The average Bonchev–Trinajstić information content (AvgIpc) is 2.98. The van der Waals surface area contributed by atoms with Crippen molar-refractivity contribution >= 4 is 34.0 Å². The van der Waals surface area contributed by atoms with Gasteiger partial charge in [0.15, 0.2) is 0 Å². The molecule has 0 saturated heterocycles. The third-order valence-electron chi connectivity index (χ3n) is 4.21. The molecule has 4 nitrogen and oxygen atoms in total. The molecule has 0 radical (unpaired) electrons. The summed E-state index contributed by atoms with van der Waals surface area (Å²) >= 11 is 0. The van der Waals surface area contributed by atoms with E-state index in [0.29, 0.717) is 11.5 Å². The molecule has 1 N–H and O–H groups in total. The van der Waals surface area contributed by atoms with Crippen molar-refractivity contribution in [2.75, 3.05) is 0 Å². The summed E-state index contributed by atoms with van der Waals surface area (Å²) in [6.07, 6.45) is 1.70. The molecular weight excluding hydrogens is 298 g/mol. The quantitative estimate of drug-likeness (QED) is 0.559. The molecule has 0 amide bonds. The zero-order valence-corrected chi connectivity index (χ0v) is 13.3. The van der Waals surface area contributed by atoms with Crippen LogP contribution >= 0.6 is 0 Å². The first-order valence-corrected chi connectivity index (χ1v) is 7.98. The Balaban J connectivity index is 1.86. The molecule has 0 spiro atoms. The lowest BCUT2D eigenvalue weighted by molar-refractivity contribution is 0.475. The summed E-state index contributed by atoms with van der Waals surface area (Å²) < 4.78 is 2.06. The minimum absolute atomic E-state index is 0.219. The first-order valence-electron chi connectivity index (χ1n) is 7.98. The lowest BCUT2D eigenvalue weighted by Crippen LogP contribution is -1.93. The van der Waals surface area contributed by atoms with Crippen LogP contribution < -0.4 is 0 Å². The second kappa shape index (κ2) is 5.81. The summed E-state index contributed by atoms with van der Waals surface area (Å²) in [6, 6.07) is 19.6. The maximum absolute atomic E-state index is 10.2. The van der Waals surface area contributed by atoms with Crippen molar-refractivity contribution in [3.63, 3.8) is 0 Å². The molecule has 118 valence electrons. The van der Waals surface area contributed by atoms with Crippen molar-refractivity contribution in [3.05, 3.63) is 66.2 Å². The normalized spacial score (nSPS) is 11.7. The highest BCUT2D eigenvalue weighted by molar-refractivity contribution is 6.03. The third kappa shape index (κ3) is 2.33. The van der Waals surface area contributed by atoms with Crippen molar-refractivity contribution in [1.29, 1.82) is 0 Å². The number of rotatable bonds is 3. The summed E-state index contributed by atoms with van der Waals surface area (Å²) in [6.45, 7) is 2.86. The number of aliphatic imine (C=N–C) groups is 1. The van der Waals surface area contributed by atoms with E-state index in [9.17, 15) is 5.11 Å². The Labute approximate surface area is 139 Å². The van der Waals surface area contributed by atoms with Crippen molar-refractivity contribution in [2.24, 2.45) is 4.99 Å². The SMILES string of the molecule is CCn1c(N=Cc2c(O)ccc3ccccc23)nc2ccccc21. The molecule has 0 aliphatic heterocycles. The number of aromatic hydroxyl groups is 1. The van der Waals surface area contributed by atoms with E-state index in [-0.39, 0.29) is 5.75 Å². The highest BCUT2D eigenvalue weighted by atomic mass is 16.3. The van der Waals surface area contributed by atoms with Crippen LogP contribution in [0.3, 0.4) is 0 Å². The van der Waals surface area contributed by atoms with E-state index in [1.807, 2.05) is 54.6 Å². The van der Waals surface area contributed by atoms with Gasteiger partial charge >= 0.3 is 0 Å². The molecule has 0 aliphatic rings. The highest BCUT2D eigenvalue weighted by Crippen LogP contribution is 2.27. The van der Waals surface area contributed by atoms with Gasteiger partial charge in [0.05, 0.1) is 11.0 Å². The van der Waals surface area contributed by atoms with E-state index < -0.39 is 0 Å². The molecular formula is C20H17N3O. The number of hydrogen-bond acceptors (Lipinski definition) is 3. The van der Waals surface area contributed by atoms with Gasteiger partial charge in [-0.25, -0.2) is 9.98 Å². The van der Waals surface area contributed by atoms with Crippen molar-refractivity contribution < 1.29 is 5.11 Å². The van der Waals surface area contributed by atoms with Gasteiger partial charge in [-0.1, -0.05) is 42.5 Å². The Morgan fingerprint density at radius 2 is 1.83 bits per heavy atom. The standard InChI is InChI=1S/C20H17N3O/c1-2-23-18-10-6-5-9-17(18)22-20(23)21-13-16-15-8-4-3-7-14(15)11-12-19(16)24/h3-13,24H,2H2,1H3. The summed E-state index contributed by atoms with van der Waals surface area (Å²) in [5, 5.41) is 12.3. The average molecular weight is 315 g/mol. The molecule has 24 heavy (non-hydrogen) atoms. The number of para-hydroxylation sites is 2. The largest absolute Gasteiger partial charge is 0.507 e. The minimum atomic E-state index is 0.219. The van der Waals surface area contributed by atoms with Gasteiger partial charge in [-0.2, -0.15) is 0 Å². The molecule has 0 bridgehead atoms. The molecule has 1 aromatic heterocycles. The molecule has 0 fully saturated rings. The van der Waals surface area contributed by atoms with E-state index in [1.54, 1.807) is 12.3 Å². The van der Waals surface area contributed by atoms with Gasteiger partial charge in [-0.05, 0) is 35.9 Å². The number of imidazole rings is 1. The number of fused-ring (bicyclic) bond motifs is 2. The lowest BCUT2D eigenvalue weighted by Gasteiger charge is -2.05. The fourth-order valence-electron chi connectivity index (χ4n) is 3.02. The van der Waals surface area contributed by atoms with Gasteiger partial charge in [0.25, 0.3) is 0 Å². The predicted molar refractivity (Wildman–Crippen MR) is 98.3 cm³/mol. The molecule has 4 aromatic rings. The number of nitrogens with zero attached hydrogens (tertiary/aromatic N) is 3. The van der Waals surface area contributed by atoms with Crippen LogP contribution in [-0.2, 0) is 6.54 Å². The molecule has 0 atom stereocenters. The van der Waals surface area contributed by atoms with Crippen LogP contribution in [0.1, 0.15) is 12.5 Å². The third-order valence-corrected chi connectivity index (χ3v) is 4.21. The van der Waals surface area contributed by atoms with E-state index in [0.717, 1.165) is 28.4 Å². The Morgan fingerprint density at radius 3 is 2.71 bits per heavy atom. The summed E-state index contributed by atoms with van der Waals surface area (Å²) in [7, 11) is 0. The number of benzene rings is 3. The fourth-order valence-corrected chi connectivity index (χ4v) is 3.02. The number of phenolic OH excluding ortho intramolecular Hbond substituents is 1. The Bertz CT molecular complexity index is 1060. The molecule has 3 aromatic carbocycles. The van der Waals surface area contributed by atoms with E-state index in [1.165, 1.54) is 0 Å². The van der Waals surface area contributed by atoms with E-state index in [4.69, 9.17) is 0 Å². The van der Waals surface area contributed by atoms with Gasteiger partial charge in [-0.3, -0.25) is 0 Å². The summed E-state index contributed by atoms with van der Waals surface area (Å²) in [5.41, 5.74) is 2.70. The van der Waals surface area contributed by atoms with Crippen LogP contribution in [0.4, 0.5) is 5.95 Å². The Kier molecular flexibility index (Phi) is 3.50. The van der Waals surface area contributed by atoms with Gasteiger partial charge in [0.2, 0.25) is 5.95 Å². The number of phenols is 1. The molecule has 0 unspecified atom stereocenters. The van der Waals surface area contributed by atoms with Gasteiger partial charge in [0.1, 0.15) is 5.75 Å². The summed E-state index contributed by atoms with van der Waals surface area (Å²) in [5.74, 6) is 0.864. The summed E-state index contributed by atoms with van der Waals surface area (Å²) in [4.78, 5) is 9.15. The second-order valence-corrected chi connectivity index (χ2v) is 5.62.